The third kappa shape index (κ3) is 2.04. The SMILES string of the molecule is CCCON=C1CCC1. The van der Waals surface area contributed by atoms with Crippen LogP contribution in [0.1, 0.15) is 32.6 Å². The van der Waals surface area contributed by atoms with Crippen molar-refractivity contribution in [2.45, 2.75) is 32.6 Å². The second kappa shape index (κ2) is 3.49. The van der Waals surface area contributed by atoms with Crippen LogP contribution in [-0.2, 0) is 4.84 Å². The molecule has 0 saturated heterocycles. The number of hydrogen-bond donors (Lipinski definition) is 0. The second-order valence-electron chi connectivity index (χ2n) is 2.34. The van der Waals surface area contributed by atoms with E-state index in [1.165, 1.54) is 12.1 Å². The predicted molar refractivity (Wildman–Crippen MR) is 37.5 cm³/mol. The van der Waals surface area contributed by atoms with Crippen molar-refractivity contribution < 1.29 is 4.84 Å². The van der Waals surface area contributed by atoms with Crippen LogP contribution < -0.4 is 0 Å². The lowest BCUT2D eigenvalue weighted by Gasteiger charge is -2.12. The highest BCUT2D eigenvalue weighted by Gasteiger charge is 2.09. The molecule has 1 fully saturated rings. The highest BCUT2D eigenvalue weighted by Crippen LogP contribution is 2.14. The van der Waals surface area contributed by atoms with Gasteiger partial charge < -0.3 is 4.84 Å². The molecule has 0 heterocycles. The molecule has 1 aliphatic rings. The Morgan fingerprint density at radius 3 is 2.78 bits per heavy atom. The molecule has 0 aliphatic heterocycles. The zero-order valence-electron chi connectivity index (χ0n) is 5.89. The highest BCUT2D eigenvalue weighted by atomic mass is 16.6. The van der Waals surface area contributed by atoms with Crippen LogP contribution >= 0.6 is 0 Å². The van der Waals surface area contributed by atoms with Crippen LogP contribution in [0.15, 0.2) is 5.16 Å². The summed E-state index contributed by atoms with van der Waals surface area (Å²) in [4.78, 5) is 4.97. The third-order valence-electron chi connectivity index (χ3n) is 1.42. The maximum Gasteiger partial charge on any atom is 0.116 e. The first-order valence-electron chi connectivity index (χ1n) is 3.61. The monoisotopic (exact) mass is 127 g/mol. The van der Waals surface area contributed by atoms with E-state index >= 15 is 0 Å². The lowest BCUT2D eigenvalue weighted by atomic mass is 9.98. The lowest BCUT2D eigenvalue weighted by molar-refractivity contribution is 0.142. The van der Waals surface area contributed by atoms with Crippen LogP contribution in [0.4, 0.5) is 0 Å². The average molecular weight is 127 g/mol. The van der Waals surface area contributed by atoms with Gasteiger partial charge in [-0.25, -0.2) is 0 Å². The van der Waals surface area contributed by atoms with E-state index in [0.29, 0.717) is 0 Å². The van der Waals surface area contributed by atoms with Crippen molar-refractivity contribution >= 4 is 5.71 Å². The van der Waals surface area contributed by atoms with Gasteiger partial charge in [-0.1, -0.05) is 12.1 Å². The van der Waals surface area contributed by atoms with Gasteiger partial charge in [0.05, 0.1) is 5.71 Å². The van der Waals surface area contributed by atoms with Gasteiger partial charge in [0.1, 0.15) is 6.61 Å². The van der Waals surface area contributed by atoms with Gasteiger partial charge in [0.15, 0.2) is 0 Å². The largest absolute Gasteiger partial charge is 0.396 e. The van der Waals surface area contributed by atoms with Gasteiger partial charge >= 0.3 is 0 Å². The molecule has 2 heteroatoms. The maximum atomic E-state index is 4.97. The molecule has 1 aliphatic carbocycles. The molecule has 0 aromatic carbocycles. The first-order chi connectivity index (χ1) is 4.43. The smallest absolute Gasteiger partial charge is 0.116 e. The van der Waals surface area contributed by atoms with Crippen molar-refractivity contribution in [2.24, 2.45) is 5.16 Å². The Balaban J connectivity index is 2.01. The van der Waals surface area contributed by atoms with Crippen molar-refractivity contribution in [1.29, 1.82) is 0 Å². The molecule has 1 rings (SSSR count). The van der Waals surface area contributed by atoms with Crippen molar-refractivity contribution in [3.63, 3.8) is 0 Å². The number of rotatable bonds is 3. The molecular formula is C7H13NO. The Morgan fingerprint density at radius 1 is 1.56 bits per heavy atom. The van der Waals surface area contributed by atoms with Crippen LogP contribution in [0.5, 0.6) is 0 Å². The summed E-state index contributed by atoms with van der Waals surface area (Å²) in [7, 11) is 0. The van der Waals surface area contributed by atoms with E-state index in [1.807, 2.05) is 0 Å². The third-order valence-corrected chi connectivity index (χ3v) is 1.42. The summed E-state index contributed by atoms with van der Waals surface area (Å²) in [5, 5.41) is 3.94. The standard InChI is InChI=1S/C7H13NO/c1-2-6-9-8-7-4-3-5-7/h2-6H2,1H3. The zero-order chi connectivity index (χ0) is 6.53. The molecule has 9 heavy (non-hydrogen) atoms. The number of nitrogens with zero attached hydrogens (tertiary/aromatic N) is 1. The summed E-state index contributed by atoms with van der Waals surface area (Å²) < 4.78 is 0. The zero-order valence-corrected chi connectivity index (χ0v) is 5.89. The molecule has 0 spiro atoms. The minimum Gasteiger partial charge on any atom is -0.396 e. The van der Waals surface area contributed by atoms with Gasteiger partial charge in [-0.2, -0.15) is 0 Å². The molecule has 52 valence electrons. The lowest BCUT2D eigenvalue weighted by Crippen LogP contribution is -2.10. The van der Waals surface area contributed by atoms with E-state index in [2.05, 4.69) is 12.1 Å². The average Bonchev–Trinajstić information content (AvgIpc) is 1.76. The molecule has 0 atom stereocenters. The fraction of sp³-hybridized carbons (Fsp3) is 0.857. The Bertz CT molecular complexity index is 103. The van der Waals surface area contributed by atoms with E-state index in [1.54, 1.807) is 0 Å². The molecule has 0 aromatic rings. The fourth-order valence-electron chi connectivity index (χ4n) is 0.654. The van der Waals surface area contributed by atoms with Gasteiger partial charge in [0.25, 0.3) is 0 Å². The first-order valence-corrected chi connectivity index (χ1v) is 3.61. The van der Waals surface area contributed by atoms with Crippen molar-refractivity contribution in [3.05, 3.63) is 0 Å². The summed E-state index contributed by atoms with van der Waals surface area (Å²) in [6.07, 6.45) is 4.67. The van der Waals surface area contributed by atoms with Gasteiger partial charge in [-0.15, -0.1) is 0 Å². The second-order valence-corrected chi connectivity index (χ2v) is 2.34. The summed E-state index contributed by atoms with van der Waals surface area (Å²) in [5.41, 5.74) is 1.24. The Morgan fingerprint density at radius 2 is 2.33 bits per heavy atom. The van der Waals surface area contributed by atoms with E-state index in [-0.39, 0.29) is 0 Å². The number of hydrogen-bond acceptors (Lipinski definition) is 2. The maximum absolute atomic E-state index is 4.97. The molecule has 0 aromatic heterocycles. The van der Waals surface area contributed by atoms with E-state index in [4.69, 9.17) is 4.84 Å². The molecule has 0 bridgehead atoms. The molecule has 0 N–H and O–H groups in total. The summed E-state index contributed by atoms with van der Waals surface area (Å²) in [6.45, 7) is 2.85. The van der Waals surface area contributed by atoms with Crippen molar-refractivity contribution in [3.8, 4) is 0 Å². The molecule has 0 unspecified atom stereocenters. The van der Waals surface area contributed by atoms with Crippen LogP contribution in [0.2, 0.25) is 0 Å². The minimum absolute atomic E-state index is 0.767. The molecule has 0 radical (unpaired) electrons. The summed E-state index contributed by atoms with van der Waals surface area (Å²) in [5.74, 6) is 0. The van der Waals surface area contributed by atoms with Gasteiger partial charge in [-0.05, 0) is 25.7 Å². The van der Waals surface area contributed by atoms with Crippen molar-refractivity contribution in [2.75, 3.05) is 6.61 Å². The van der Waals surface area contributed by atoms with Crippen molar-refractivity contribution in [1.82, 2.24) is 0 Å². The van der Waals surface area contributed by atoms with Gasteiger partial charge in [-0.3, -0.25) is 0 Å². The number of oxime groups is 1. The Kier molecular flexibility index (Phi) is 2.55. The molecule has 1 saturated carbocycles. The van der Waals surface area contributed by atoms with Gasteiger partial charge in [0, 0.05) is 0 Å². The van der Waals surface area contributed by atoms with Crippen LogP contribution in [0.3, 0.4) is 0 Å². The van der Waals surface area contributed by atoms with Gasteiger partial charge in [0.2, 0.25) is 0 Å². The summed E-state index contributed by atoms with van der Waals surface area (Å²) in [6, 6.07) is 0. The van der Waals surface area contributed by atoms with Crippen LogP contribution in [0.25, 0.3) is 0 Å². The van der Waals surface area contributed by atoms with Crippen LogP contribution in [-0.4, -0.2) is 12.3 Å². The topological polar surface area (TPSA) is 21.6 Å². The normalized spacial score (nSPS) is 16.8. The molecule has 2 nitrogen and oxygen atoms in total. The van der Waals surface area contributed by atoms with E-state index in [0.717, 1.165) is 25.9 Å². The molecule has 0 amide bonds. The highest BCUT2D eigenvalue weighted by molar-refractivity contribution is 5.88. The Hall–Kier alpha value is -0.530. The van der Waals surface area contributed by atoms with E-state index in [9.17, 15) is 0 Å². The quantitative estimate of drug-likeness (QED) is 0.419. The summed E-state index contributed by atoms with van der Waals surface area (Å²) >= 11 is 0. The van der Waals surface area contributed by atoms with E-state index < -0.39 is 0 Å². The van der Waals surface area contributed by atoms with Crippen LogP contribution in [0, 0.1) is 0 Å². The Labute approximate surface area is 55.9 Å². The molecular weight excluding hydrogens is 114 g/mol. The fourth-order valence-corrected chi connectivity index (χ4v) is 0.654. The predicted octanol–water partition coefficient (Wildman–Crippen LogP) is 1.95. The first kappa shape index (κ1) is 6.59. The minimum atomic E-state index is 0.767.